The van der Waals surface area contributed by atoms with Crippen molar-refractivity contribution in [3.05, 3.63) is 15.9 Å². The Balaban J connectivity index is 2.13. The molecule has 17 heavy (non-hydrogen) atoms. The number of hydrogen-bond donors (Lipinski definition) is 1. The van der Waals surface area contributed by atoms with E-state index in [0.717, 1.165) is 31.7 Å². The number of aromatic nitrogens is 2. The summed E-state index contributed by atoms with van der Waals surface area (Å²) < 4.78 is 3.35. The van der Waals surface area contributed by atoms with E-state index in [2.05, 4.69) is 51.8 Å². The van der Waals surface area contributed by atoms with Crippen molar-refractivity contribution in [2.75, 3.05) is 13.1 Å². The van der Waals surface area contributed by atoms with Crippen molar-refractivity contribution in [3.63, 3.8) is 0 Å². The van der Waals surface area contributed by atoms with Crippen molar-refractivity contribution in [2.24, 2.45) is 5.41 Å². The molecule has 1 saturated carbocycles. The molecule has 0 bridgehead atoms. The molecule has 0 aromatic carbocycles. The average molecular weight is 300 g/mol. The third kappa shape index (κ3) is 2.74. The highest BCUT2D eigenvalue weighted by molar-refractivity contribution is 9.10. The first-order valence-electron chi connectivity index (χ1n) is 6.54. The summed E-state index contributed by atoms with van der Waals surface area (Å²) in [5, 5.41) is 8.06. The van der Waals surface area contributed by atoms with Gasteiger partial charge in [0.2, 0.25) is 0 Å². The zero-order valence-electron chi connectivity index (χ0n) is 11.0. The van der Waals surface area contributed by atoms with Crippen LogP contribution in [0.5, 0.6) is 0 Å². The monoisotopic (exact) mass is 299 g/mol. The quantitative estimate of drug-likeness (QED) is 0.875. The molecule has 0 amide bonds. The van der Waals surface area contributed by atoms with Crippen molar-refractivity contribution < 1.29 is 0 Å². The lowest BCUT2D eigenvalue weighted by molar-refractivity contribution is 0.442. The van der Waals surface area contributed by atoms with Gasteiger partial charge in [-0.3, -0.25) is 4.68 Å². The van der Waals surface area contributed by atoms with E-state index in [-0.39, 0.29) is 0 Å². The number of nitrogens with zero attached hydrogens (tertiary/aromatic N) is 2. The predicted octanol–water partition coefficient (Wildman–Crippen LogP) is 2.91. The smallest absolute Gasteiger partial charge is 0.0738 e. The number of nitrogens with one attached hydrogen (secondary N) is 1. The number of rotatable bonds is 6. The molecule has 1 heterocycles. The van der Waals surface area contributed by atoms with E-state index >= 15 is 0 Å². The summed E-state index contributed by atoms with van der Waals surface area (Å²) in [7, 11) is 0. The van der Waals surface area contributed by atoms with Crippen LogP contribution in [0, 0.1) is 12.3 Å². The maximum absolute atomic E-state index is 4.57. The van der Waals surface area contributed by atoms with Gasteiger partial charge in [0.1, 0.15) is 0 Å². The van der Waals surface area contributed by atoms with E-state index in [0.29, 0.717) is 5.41 Å². The van der Waals surface area contributed by atoms with Crippen LogP contribution in [0.2, 0.25) is 0 Å². The van der Waals surface area contributed by atoms with Crippen molar-refractivity contribution in [1.29, 1.82) is 0 Å². The Morgan fingerprint density at radius 1 is 1.41 bits per heavy atom. The van der Waals surface area contributed by atoms with Crippen molar-refractivity contribution >= 4 is 15.9 Å². The van der Waals surface area contributed by atoms with E-state index in [9.17, 15) is 0 Å². The number of aryl methyl sites for hydroxylation is 2. The highest BCUT2D eigenvalue weighted by atomic mass is 79.9. The van der Waals surface area contributed by atoms with E-state index in [4.69, 9.17) is 0 Å². The first kappa shape index (κ1) is 13.1. The molecule has 1 aromatic rings. The Labute approximate surface area is 112 Å². The molecule has 0 spiro atoms. The standard InChI is InChI=1S/C13H22BrN3/c1-4-15-9-13(6-7-13)8-11-12(14)10(3)16-17(11)5-2/h15H,4-9H2,1-3H3. The Hall–Kier alpha value is -0.350. The highest BCUT2D eigenvalue weighted by Gasteiger charge is 2.43. The second kappa shape index (κ2) is 5.11. The van der Waals surface area contributed by atoms with Crippen LogP contribution in [-0.4, -0.2) is 22.9 Å². The summed E-state index contributed by atoms with van der Waals surface area (Å²) >= 11 is 3.69. The van der Waals surface area contributed by atoms with Crippen LogP contribution < -0.4 is 5.32 Å². The number of hydrogen-bond acceptors (Lipinski definition) is 2. The first-order chi connectivity index (χ1) is 8.12. The van der Waals surface area contributed by atoms with Gasteiger partial charge < -0.3 is 5.32 Å². The maximum Gasteiger partial charge on any atom is 0.0738 e. The van der Waals surface area contributed by atoms with Crippen LogP contribution >= 0.6 is 15.9 Å². The minimum atomic E-state index is 0.498. The average Bonchev–Trinajstić information content (AvgIpc) is 3.04. The van der Waals surface area contributed by atoms with Crippen LogP contribution in [-0.2, 0) is 13.0 Å². The van der Waals surface area contributed by atoms with E-state index in [1.807, 2.05) is 0 Å². The Morgan fingerprint density at radius 2 is 2.12 bits per heavy atom. The molecule has 1 aromatic heterocycles. The molecule has 3 nitrogen and oxygen atoms in total. The van der Waals surface area contributed by atoms with Gasteiger partial charge in [-0.05, 0) is 61.0 Å². The van der Waals surface area contributed by atoms with Crippen LogP contribution in [0.25, 0.3) is 0 Å². The second-order valence-electron chi connectivity index (χ2n) is 5.12. The molecular formula is C13H22BrN3. The largest absolute Gasteiger partial charge is 0.316 e. The summed E-state index contributed by atoms with van der Waals surface area (Å²) in [5.74, 6) is 0. The Kier molecular flexibility index (Phi) is 3.93. The molecule has 0 radical (unpaired) electrons. The molecule has 0 aliphatic heterocycles. The van der Waals surface area contributed by atoms with Crippen molar-refractivity contribution in [3.8, 4) is 0 Å². The fourth-order valence-corrected chi connectivity index (χ4v) is 2.80. The van der Waals surface area contributed by atoms with Gasteiger partial charge in [0, 0.05) is 13.1 Å². The molecule has 1 N–H and O–H groups in total. The molecule has 96 valence electrons. The maximum atomic E-state index is 4.57. The zero-order valence-corrected chi connectivity index (χ0v) is 12.6. The predicted molar refractivity (Wildman–Crippen MR) is 74.3 cm³/mol. The van der Waals surface area contributed by atoms with Crippen LogP contribution in [0.4, 0.5) is 0 Å². The van der Waals surface area contributed by atoms with Crippen molar-refractivity contribution in [1.82, 2.24) is 15.1 Å². The Bertz CT molecular complexity index is 394. The van der Waals surface area contributed by atoms with Gasteiger partial charge in [-0.2, -0.15) is 5.10 Å². The second-order valence-corrected chi connectivity index (χ2v) is 5.91. The summed E-state index contributed by atoms with van der Waals surface area (Å²) in [6.45, 7) is 9.57. The highest BCUT2D eigenvalue weighted by Crippen LogP contribution is 2.48. The molecule has 1 aliphatic rings. The minimum Gasteiger partial charge on any atom is -0.316 e. The van der Waals surface area contributed by atoms with Gasteiger partial charge in [0.05, 0.1) is 15.9 Å². The topological polar surface area (TPSA) is 29.9 Å². The summed E-state index contributed by atoms with van der Waals surface area (Å²) in [4.78, 5) is 0. The third-order valence-corrected chi connectivity index (χ3v) is 4.73. The van der Waals surface area contributed by atoms with Crippen molar-refractivity contribution in [2.45, 2.75) is 46.6 Å². The third-order valence-electron chi connectivity index (χ3n) is 3.70. The van der Waals surface area contributed by atoms with Gasteiger partial charge in [0.15, 0.2) is 0 Å². The molecule has 2 rings (SSSR count). The fraction of sp³-hybridized carbons (Fsp3) is 0.769. The van der Waals surface area contributed by atoms with E-state index in [1.54, 1.807) is 0 Å². The fourth-order valence-electron chi connectivity index (χ4n) is 2.38. The normalized spacial score (nSPS) is 17.4. The lowest BCUT2D eigenvalue weighted by Crippen LogP contribution is -2.26. The summed E-state index contributed by atoms with van der Waals surface area (Å²) in [6, 6.07) is 0. The van der Waals surface area contributed by atoms with Gasteiger partial charge in [-0.1, -0.05) is 6.92 Å². The molecule has 1 aliphatic carbocycles. The molecule has 1 fully saturated rings. The van der Waals surface area contributed by atoms with Crippen LogP contribution in [0.3, 0.4) is 0 Å². The molecule has 0 unspecified atom stereocenters. The van der Waals surface area contributed by atoms with Gasteiger partial charge in [-0.25, -0.2) is 0 Å². The summed E-state index contributed by atoms with van der Waals surface area (Å²) in [5.41, 5.74) is 2.99. The lowest BCUT2D eigenvalue weighted by atomic mass is 10.00. The first-order valence-corrected chi connectivity index (χ1v) is 7.33. The van der Waals surface area contributed by atoms with Gasteiger partial charge in [-0.15, -0.1) is 0 Å². The molecule has 4 heteroatoms. The van der Waals surface area contributed by atoms with Gasteiger partial charge in [0.25, 0.3) is 0 Å². The molecule has 0 saturated heterocycles. The van der Waals surface area contributed by atoms with E-state index < -0.39 is 0 Å². The molecule has 0 atom stereocenters. The lowest BCUT2D eigenvalue weighted by Gasteiger charge is -2.16. The summed E-state index contributed by atoms with van der Waals surface area (Å²) in [6.07, 6.45) is 3.84. The zero-order chi connectivity index (χ0) is 12.5. The number of halogens is 1. The molecular weight excluding hydrogens is 278 g/mol. The van der Waals surface area contributed by atoms with Crippen LogP contribution in [0.15, 0.2) is 4.47 Å². The van der Waals surface area contributed by atoms with Crippen LogP contribution in [0.1, 0.15) is 38.1 Å². The minimum absolute atomic E-state index is 0.498. The Morgan fingerprint density at radius 3 is 2.65 bits per heavy atom. The van der Waals surface area contributed by atoms with E-state index in [1.165, 1.54) is 23.0 Å². The van der Waals surface area contributed by atoms with Gasteiger partial charge >= 0.3 is 0 Å². The SMILES string of the molecule is CCNCC1(Cc2c(Br)c(C)nn2CC)CC1.